The van der Waals surface area contributed by atoms with Crippen molar-refractivity contribution in [2.75, 3.05) is 37.4 Å². The van der Waals surface area contributed by atoms with Crippen LogP contribution in [0.2, 0.25) is 0 Å². The molecular formula is C20H25N3O4S. The van der Waals surface area contributed by atoms with Crippen LogP contribution in [0.25, 0.3) is 0 Å². The topological polar surface area (TPSA) is 87.7 Å². The molecule has 0 aromatic heterocycles. The fourth-order valence-electron chi connectivity index (χ4n) is 3.16. The van der Waals surface area contributed by atoms with E-state index in [0.717, 1.165) is 19.3 Å². The molecule has 7 nitrogen and oxygen atoms in total. The number of nitrogens with one attached hydrogen (secondary N) is 2. The van der Waals surface area contributed by atoms with Crippen LogP contribution >= 0.6 is 0 Å². The smallest absolute Gasteiger partial charge is 0.243 e. The second-order valence-electron chi connectivity index (χ2n) is 6.59. The molecule has 0 unspecified atom stereocenters. The van der Waals surface area contributed by atoms with E-state index in [2.05, 4.69) is 10.6 Å². The van der Waals surface area contributed by atoms with E-state index in [0.29, 0.717) is 30.2 Å². The van der Waals surface area contributed by atoms with Gasteiger partial charge in [0.25, 0.3) is 0 Å². The average Bonchev–Trinajstić information content (AvgIpc) is 2.73. The number of hydrogen-bond acceptors (Lipinski definition) is 5. The number of benzene rings is 2. The Hall–Kier alpha value is -2.58. The molecule has 0 aliphatic carbocycles. The third-order valence-electron chi connectivity index (χ3n) is 4.62. The number of anilines is 2. The largest absolute Gasteiger partial charge is 0.495 e. The summed E-state index contributed by atoms with van der Waals surface area (Å²) in [4.78, 5) is 12.5. The molecule has 0 radical (unpaired) electrons. The van der Waals surface area contributed by atoms with Crippen LogP contribution in [0.3, 0.4) is 0 Å². The molecule has 28 heavy (non-hydrogen) atoms. The summed E-state index contributed by atoms with van der Waals surface area (Å²) in [5.41, 5.74) is 1.16. The molecule has 0 atom stereocenters. The summed E-state index contributed by atoms with van der Waals surface area (Å²) in [6.07, 6.45) is 2.82. The first-order valence-electron chi connectivity index (χ1n) is 9.27. The monoisotopic (exact) mass is 403 g/mol. The van der Waals surface area contributed by atoms with E-state index in [1.807, 2.05) is 18.2 Å². The van der Waals surface area contributed by atoms with Gasteiger partial charge in [-0.2, -0.15) is 4.31 Å². The third-order valence-corrected chi connectivity index (χ3v) is 6.51. The van der Waals surface area contributed by atoms with Gasteiger partial charge in [-0.15, -0.1) is 0 Å². The Kier molecular flexibility index (Phi) is 6.53. The molecule has 0 saturated carbocycles. The van der Waals surface area contributed by atoms with Crippen molar-refractivity contribution in [2.45, 2.75) is 24.2 Å². The molecule has 1 amide bonds. The van der Waals surface area contributed by atoms with Gasteiger partial charge in [0.1, 0.15) is 5.75 Å². The fraction of sp³-hybridized carbons (Fsp3) is 0.350. The maximum Gasteiger partial charge on any atom is 0.243 e. The number of para-hydroxylation sites is 2. The summed E-state index contributed by atoms with van der Waals surface area (Å²) < 4.78 is 32.3. The number of carbonyl (C=O) groups is 1. The van der Waals surface area contributed by atoms with E-state index >= 15 is 0 Å². The van der Waals surface area contributed by atoms with Crippen LogP contribution < -0.4 is 15.4 Å². The molecule has 2 aromatic rings. The van der Waals surface area contributed by atoms with Crippen molar-refractivity contribution < 1.29 is 17.9 Å². The third kappa shape index (κ3) is 4.82. The molecule has 1 saturated heterocycles. The van der Waals surface area contributed by atoms with Crippen LogP contribution in [0.5, 0.6) is 5.75 Å². The lowest BCUT2D eigenvalue weighted by Crippen LogP contribution is -2.35. The quantitative estimate of drug-likeness (QED) is 0.742. The van der Waals surface area contributed by atoms with Crippen LogP contribution in [0.1, 0.15) is 19.3 Å². The standard InChI is InChI=1S/C20H25N3O4S/c1-27-19-11-4-3-10-18(19)21-15-20(24)22-16-8-7-9-17(14-16)28(25,26)23-12-5-2-6-13-23/h3-4,7-11,14,21H,2,5-6,12-13,15H2,1H3,(H,22,24). The Morgan fingerprint density at radius 2 is 1.82 bits per heavy atom. The van der Waals surface area contributed by atoms with Crippen LogP contribution in [0.15, 0.2) is 53.4 Å². The highest BCUT2D eigenvalue weighted by molar-refractivity contribution is 7.89. The van der Waals surface area contributed by atoms with Crippen molar-refractivity contribution in [2.24, 2.45) is 0 Å². The molecule has 1 aliphatic heterocycles. The Labute approximate surface area is 165 Å². The first-order chi connectivity index (χ1) is 13.5. The van der Waals surface area contributed by atoms with E-state index in [1.165, 1.54) is 10.4 Å². The zero-order valence-corrected chi connectivity index (χ0v) is 16.7. The van der Waals surface area contributed by atoms with Crippen molar-refractivity contribution in [3.8, 4) is 5.75 Å². The molecule has 0 spiro atoms. The van der Waals surface area contributed by atoms with E-state index in [1.54, 1.807) is 31.4 Å². The maximum absolute atomic E-state index is 12.8. The number of piperidine rings is 1. The van der Waals surface area contributed by atoms with Crippen LogP contribution in [0, 0.1) is 0 Å². The predicted octanol–water partition coefficient (Wildman–Crippen LogP) is 2.92. The first-order valence-corrected chi connectivity index (χ1v) is 10.7. The minimum Gasteiger partial charge on any atom is -0.495 e. The highest BCUT2D eigenvalue weighted by Gasteiger charge is 2.26. The molecule has 150 valence electrons. The van der Waals surface area contributed by atoms with Crippen LogP contribution in [-0.2, 0) is 14.8 Å². The predicted molar refractivity (Wildman–Crippen MR) is 109 cm³/mol. The summed E-state index contributed by atoms with van der Waals surface area (Å²) >= 11 is 0. The molecule has 8 heteroatoms. The van der Waals surface area contributed by atoms with Gasteiger partial charge in [-0.25, -0.2) is 8.42 Å². The van der Waals surface area contributed by atoms with Gasteiger partial charge < -0.3 is 15.4 Å². The number of rotatable bonds is 7. The molecule has 1 heterocycles. The molecular weight excluding hydrogens is 378 g/mol. The zero-order valence-electron chi connectivity index (χ0n) is 15.8. The molecule has 1 aliphatic rings. The first kappa shape index (κ1) is 20.2. The Balaban J connectivity index is 1.64. The minimum atomic E-state index is -3.53. The van der Waals surface area contributed by atoms with E-state index in [-0.39, 0.29) is 17.3 Å². The summed E-state index contributed by atoms with van der Waals surface area (Å²) in [5, 5.41) is 5.76. The number of methoxy groups -OCH3 is 1. The summed E-state index contributed by atoms with van der Waals surface area (Å²) in [7, 11) is -1.97. The molecule has 0 bridgehead atoms. The van der Waals surface area contributed by atoms with Crippen molar-refractivity contribution in [1.82, 2.24) is 4.31 Å². The maximum atomic E-state index is 12.8. The van der Waals surface area contributed by atoms with Gasteiger partial charge in [0.2, 0.25) is 15.9 Å². The lowest BCUT2D eigenvalue weighted by atomic mass is 10.2. The van der Waals surface area contributed by atoms with Gasteiger partial charge in [-0.05, 0) is 43.2 Å². The number of nitrogens with zero attached hydrogens (tertiary/aromatic N) is 1. The Morgan fingerprint density at radius 1 is 1.07 bits per heavy atom. The molecule has 1 fully saturated rings. The lowest BCUT2D eigenvalue weighted by molar-refractivity contribution is -0.114. The normalized spacial score (nSPS) is 15.0. The van der Waals surface area contributed by atoms with Gasteiger partial charge in [0, 0.05) is 18.8 Å². The van der Waals surface area contributed by atoms with Crippen molar-refractivity contribution >= 4 is 27.3 Å². The highest BCUT2D eigenvalue weighted by Crippen LogP contribution is 2.24. The van der Waals surface area contributed by atoms with E-state index < -0.39 is 10.0 Å². The minimum absolute atomic E-state index is 0.0312. The lowest BCUT2D eigenvalue weighted by Gasteiger charge is -2.26. The summed E-state index contributed by atoms with van der Waals surface area (Å²) in [5.74, 6) is 0.364. The number of ether oxygens (including phenoxy) is 1. The van der Waals surface area contributed by atoms with Crippen molar-refractivity contribution in [3.63, 3.8) is 0 Å². The van der Waals surface area contributed by atoms with Gasteiger partial charge in [0.05, 0.1) is 24.2 Å². The number of sulfonamides is 1. The van der Waals surface area contributed by atoms with Gasteiger partial charge in [0.15, 0.2) is 0 Å². The van der Waals surface area contributed by atoms with Crippen LogP contribution in [-0.4, -0.2) is 45.4 Å². The number of hydrogen-bond donors (Lipinski definition) is 2. The second-order valence-corrected chi connectivity index (χ2v) is 8.53. The van der Waals surface area contributed by atoms with Crippen LogP contribution in [0.4, 0.5) is 11.4 Å². The van der Waals surface area contributed by atoms with Gasteiger partial charge >= 0.3 is 0 Å². The molecule has 3 rings (SSSR count). The zero-order chi connectivity index (χ0) is 20.0. The Morgan fingerprint density at radius 3 is 2.57 bits per heavy atom. The SMILES string of the molecule is COc1ccccc1NCC(=O)Nc1cccc(S(=O)(=O)N2CCCCC2)c1. The highest BCUT2D eigenvalue weighted by atomic mass is 32.2. The number of amides is 1. The van der Waals surface area contributed by atoms with Crippen molar-refractivity contribution in [3.05, 3.63) is 48.5 Å². The van der Waals surface area contributed by atoms with Gasteiger partial charge in [-0.3, -0.25) is 4.79 Å². The van der Waals surface area contributed by atoms with E-state index in [4.69, 9.17) is 4.74 Å². The average molecular weight is 404 g/mol. The van der Waals surface area contributed by atoms with E-state index in [9.17, 15) is 13.2 Å². The Bertz CT molecular complexity index is 925. The van der Waals surface area contributed by atoms with Crippen molar-refractivity contribution in [1.29, 1.82) is 0 Å². The molecule has 2 N–H and O–H groups in total. The second kappa shape index (κ2) is 9.07. The number of carbonyl (C=O) groups excluding carboxylic acids is 1. The summed E-state index contributed by atoms with van der Waals surface area (Å²) in [6.45, 7) is 1.12. The summed E-state index contributed by atoms with van der Waals surface area (Å²) in [6, 6.07) is 13.7. The fourth-order valence-corrected chi connectivity index (χ4v) is 4.72. The molecule has 2 aromatic carbocycles. The van der Waals surface area contributed by atoms with Gasteiger partial charge in [-0.1, -0.05) is 24.6 Å².